The largest absolute Gasteiger partial charge is 0.483 e. The van der Waals surface area contributed by atoms with Crippen LogP contribution in [0.15, 0.2) is 30.5 Å². The Bertz CT molecular complexity index is 543. The first-order valence-electron chi connectivity index (χ1n) is 5.36. The van der Waals surface area contributed by atoms with Gasteiger partial charge in [0.2, 0.25) is 0 Å². The maximum absolute atomic E-state index is 6.14. The lowest BCUT2D eigenvalue weighted by molar-refractivity contribution is 0.161. The highest BCUT2D eigenvalue weighted by Crippen LogP contribution is 2.40. The van der Waals surface area contributed by atoms with E-state index in [0.717, 1.165) is 22.7 Å². The van der Waals surface area contributed by atoms with Crippen molar-refractivity contribution in [3.05, 3.63) is 45.4 Å². The SMILES string of the molecule is N[C@H]1CC(c2ncc(Cl)s2)Oc2ccccc21. The lowest BCUT2D eigenvalue weighted by atomic mass is 9.97. The second-order valence-corrected chi connectivity index (χ2v) is 5.68. The predicted molar refractivity (Wildman–Crippen MR) is 68.5 cm³/mol. The molecule has 0 saturated heterocycles. The summed E-state index contributed by atoms with van der Waals surface area (Å²) >= 11 is 7.33. The molecule has 2 aromatic rings. The van der Waals surface area contributed by atoms with Gasteiger partial charge in [-0.15, -0.1) is 11.3 Å². The van der Waals surface area contributed by atoms with E-state index in [0.29, 0.717) is 4.34 Å². The van der Waals surface area contributed by atoms with E-state index in [1.807, 2.05) is 24.3 Å². The Kier molecular flexibility index (Phi) is 2.78. The molecule has 0 spiro atoms. The summed E-state index contributed by atoms with van der Waals surface area (Å²) in [5.41, 5.74) is 7.21. The van der Waals surface area contributed by atoms with E-state index < -0.39 is 0 Å². The number of para-hydroxylation sites is 1. The van der Waals surface area contributed by atoms with Gasteiger partial charge in [0.1, 0.15) is 15.1 Å². The van der Waals surface area contributed by atoms with Crippen molar-refractivity contribution < 1.29 is 4.74 Å². The van der Waals surface area contributed by atoms with Gasteiger partial charge in [-0.25, -0.2) is 4.98 Å². The molecule has 0 radical (unpaired) electrons. The summed E-state index contributed by atoms with van der Waals surface area (Å²) in [5.74, 6) is 0.850. The van der Waals surface area contributed by atoms with Crippen molar-refractivity contribution in [2.24, 2.45) is 5.73 Å². The van der Waals surface area contributed by atoms with Crippen LogP contribution in [0.5, 0.6) is 5.75 Å². The fourth-order valence-electron chi connectivity index (χ4n) is 2.02. The fraction of sp³-hybridized carbons (Fsp3) is 0.250. The third-order valence-corrected chi connectivity index (χ3v) is 4.03. The number of nitrogens with two attached hydrogens (primary N) is 1. The van der Waals surface area contributed by atoms with Gasteiger partial charge < -0.3 is 10.5 Å². The van der Waals surface area contributed by atoms with Crippen LogP contribution in [0.25, 0.3) is 0 Å². The van der Waals surface area contributed by atoms with E-state index in [-0.39, 0.29) is 12.1 Å². The molecular weight excluding hydrogens is 256 g/mol. The van der Waals surface area contributed by atoms with Gasteiger partial charge in [0.15, 0.2) is 6.10 Å². The summed E-state index contributed by atoms with van der Waals surface area (Å²) in [6, 6.07) is 7.86. The molecule has 2 heterocycles. The van der Waals surface area contributed by atoms with Crippen LogP contribution in [0.3, 0.4) is 0 Å². The highest BCUT2D eigenvalue weighted by atomic mass is 35.5. The molecule has 0 saturated carbocycles. The van der Waals surface area contributed by atoms with Gasteiger partial charge in [-0.1, -0.05) is 29.8 Å². The van der Waals surface area contributed by atoms with Crippen LogP contribution in [0, 0.1) is 0 Å². The molecule has 0 fully saturated rings. The van der Waals surface area contributed by atoms with E-state index in [1.54, 1.807) is 6.20 Å². The minimum absolute atomic E-state index is 0.00683. The third kappa shape index (κ3) is 2.04. The van der Waals surface area contributed by atoms with E-state index in [2.05, 4.69) is 4.98 Å². The molecule has 3 rings (SSSR count). The van der Waals surface area contributed by atoms with Crippen molar-refractivity contribution in [3.63, 3.8) is 0 Å². The number of hydrogen-bond acceptors (Lipinski definition) is 4. The standard InChI is InChI=1S/C12H11ClN2OS/c13-11-6-15-12(17-11)10-5-8(14)7-3-1-2-4-9(7)16-10/h1-4,6,8,10H,5,14H2/t8-,10?/m0/s1. The maximum Gasteiger partial charge on any atom is 0.152 e. The molecule has 1 unspecified atom stereocenters. The van der Waals surface area contributed by atoms with Crippen molar-refractivity contribution in [1.29, 1.82) is 0 Å². The summed E-state index contributed by atoms with van der Waals surface area (Å²) in [5, 5.41) is 0.889. The molecule has 0 bridgehead atoms. The average Bonchev–Trinajstić information content (AvgIpc) is 2.76. The van der Waals surface area contributed by atoms with Gasteiger partial charge in [-0.3, -0.25) is 0 Å². The number of halogens is 1. The van der Waals surface area contributed by atoms with E-state index in [4.69, 9.17) is 22.1 Å². The second-order valence-electron chi connectivity index (χ2n) is 3.99. The minimum Gasteiger partial charge on any atom is -0.483 e. The highest BCUT2D eigenvalue weighted by Gasteiger charge is 2.28. The Morgan fingerprint density at radius 3 is 3.00 bits per heavy atom. The van der Waals surface area contributed by atoms with Gasteiger partial charge in [-0.2, -0.15) is 0 Å². The van der Waals surface area contributed by atoms with Crippen molar-refractivity contribution >= 4 is 22.9 Å². The fourth-order valence-corrected chi connectivity index (χ4v) is 2.99. The number of rotatable bonds is 1. The van der Waals surface area contributed by atoms with Crippen LogP contribution in [0.1, 0.15) is 29.1 Å². The Hall–Kier alpha value is -1.10. The minimum atomic E-state index is -0.0857. The molecule has 2 N–H and O–H groups in total. The van der Waals surface area contributed by atoms with Crippen LogP contribution in [-0.2, 0) is 0 Å². The predicted octanol–water partition coefficient (Wildman–Crippen LogP) is 3.32. The van der Waals surface area contributed by atoms with Crippen LogP contribution in [0.4, 0.5) is 0 Å². The van der Waals surface area contributed by atoms with Gasteiger partial charge in [0, 0.05) is 18.0 Å². The number of ether oxygens (including phenoxy) is 1. The summed E-state index contributed by atoms with van der Waals surface area (Å²) < 4.78 is 6.59. The number of hydrogen-bond donors (Lipinski definition) is 1. The first-order chi connectivity index (χ1) is 8.24. The summed E-state index contributed by atoms with van der Waals surface area (Å²) in [6.07, 6.45) is 2.30. The molecule has 0 amide bonds. The van der Waals surface area contributed by atoms with Crippen molar-refractivity contribution in [1.82, 2.24) is 4.98 Å². The smallest absolute Gasteiger partial charge is 0.152 e. The Labute approximate surface area is 108 Å². The topological polar surface area (TPSA) is 48.1 Å². The Morgan fingerprint density at radius 1 is 1.41 bits per heavy atom. The summed E-state index contributed by atoms with van der Waals surface area (Å²) in [6.45, 7) is 0. The summed E-state index contributed by atoms with van der Waals surface area (Å²) in [4.78, 5) is 4.25. The lowest BCUT2D eigenvalue weighted by Crippen LogP contribution is -2.23. The first-order valence-corrected chi connectivity index (χ1v) is 6.56. The molecule has 1 aliphatic heterocycles. The van der Waals surface area contributed by atoms with Crippen molar-refractivity contribution in [2.75, 3.05) is 0 Å². The average molecular weight is 267 g/mol. The zero-order valence-electron chi connectivity index (χ0n) is 8.97. The molecule has 3 nitrogen and oxygen atoms in total. The van der Waals surface area contributed by atoms with Gasteiger partial charge in [-0.05, 0) is 6.07 Å². The highest BCUT2D eigenvalue weighted by molar-refractivity contribution is 7.15. The zero-order chi connectivity index (χ0) is 11.8. The van der Waals surface area contributed by atoms with Crippen LogP contribution in [-0.4, -0.2) is 4.98 Å². The lowest BCUT2D eigenvalue weighted by Gasteiger charge is -2.28. The Morgan fingerprint density at radius 2 is 2.24 bits per heavy atom. The van der Waals surface area contributed by atoms with Gasteiger partial charge in [0.05, 0.1) is 6.20 Å². The summed E-state index contributed by atoms with van der Waals surface area (Å²) in [7, 11) is 0. The third-order valence-electron chi connectivity index (χ3n) is 2.83. The van der Waals surface area contributed by atoms with E-state index in [1.165, 1.54) is 11.3 Å². The normalized spacial score (nSPS) is 22.9. The Balaban J connectivity index is 1.93. The van der Waals surface area contributed by atoms with Crippen LogP contribution in [0.2, 0.25) is 4.34 Å². The monoisotopic (exact) mass is 266 g/mol. The number of thiazole rings is 1. The quantitative estimate of drug-likeness (QED) is 0.861. The number of benzene rings is 1. The number of aromatic nitrogens is 1. The molecule has 1 aliphatic rings. The molecule has 1 aromatic heterocycles. The van der Waals surface area contributed by atoms with Gasteiger partial charge in [0.25, 0.3) is 0 Å². The zero-order valence-corrected chi connectivity index (χ0v) is 10.5. The number of fused-ring (bicyclic) bond motifs is 1. The van der Waals surface area contributed by atoms with E-state index in [9.17, 15) is 0 Å². The molecule has 17 heavy (non-hydrogen) atoms. The molecule has 2 atom stereocenters. The van der Waals surface area contributed by atoms with Crippen LogP contribution >= 0.6 is 22.9 Å². The molecule has 0 aliphatic carbocycles. The van der Waals surface area contributed by atoms with E-state index >= 15 is 0 Å². The van der Waals surface area contributed by atoms with Crippen molar-refractivity contribution in [3.8, 4) is 5.75 Å². The second kappa shape index (κ2) is 4.29. The molecule has 1 aromatic carbocycles. The number of nitrogens with zero attached hydrogens (tertiary/aromatic N) is 1. The first kappa shape index (κ1) is 11.0. The molecule has 88 valence electrons. The van der Waals surface area contributed by atoms with Gasteiger partial charge >= 0.3 is 0 Å². The van der Waals surface area contributed by atoms with Crippen LogP contribution < -0.4 is 10.5 Å². The molecule has 5 heteroatoms. The maximum atomic E-state index is 6.14. The van der Waals surface area contributed by atoms with Crippen molar-refractivity contribution in [2.45, 2.75) is 18.6 Å². The molecular formula is C12H11ClN2OS.